The van der Waals surface area contributed by atoms with Crippen LogP contribution < -0.4 is 5.32 Å². The Morgan fingerprint density at radius 3 is 2.35 bits per heavy atom. The minimum Gasteiger partial charge on any atom is -0.454 e. The molecular weight excluding hydrogens is 999 g/mol. The monoisotopic (exact) mass is 1090 g/mol. The quantitative estimate of drug-likeness (QED) is 0.0639. The normalized spacial score (nSPS) is 49.2. The molecule has 0 saturated heterocycles. The molecule has 0 amide bonds. The largest absolute Gasteiger partial charge is 0.454 e. The molecule has 21 unspecified atom stereocenters. The summed E-state index contributed by atoms with van der Waals surface area (Å²) in [6.45, 7) is -0.480. The van der Waals surface area contributed by atoms with Crippen molar-refractivity contribution < 1.29 is 45.0 Å². The summed E-state index contributed by atoms with van der Waals surface area (Å²) in [4.78, 5) is 29.9. The summed E-state index contributed by atoms with van der Waals surface area (Å²) >= 11 is 0. The maximum absolute atomic E-state index is 15.7. The van der Waals surface area contributed by atoms with E-state index in [1.807, 2.05) is 19.2 Å². The molecule has 80 heavy (non-hydrogen) atoms. The Kier molecular flexibility index (Phi) is 12.4. The predicted molar refractivity (Wildman–Crippen MR) is 303 cm³/mol. The van der Waals surface area contributed by atoms with Gasteiger partial charge in [0.2, 0.25) is 0 Å². The van der Waals surface area contributed by atoms with E-state index in [-0.39, 0.29) is 61.7 Å². The first kappa shape index (κ1) is 53.1. The van der Waals surface area contributed by atoms with Gasteiger partial charge in [0.05, 0.1) is 35.9 Å². The van der Waals surface area contributed by atoms with Gasteiger partial charge in [0.1, 0.15) is 18.0 Å². The van der Waals surface area contributed by atoms with Crippen molar-refractivity contribution in [1.82, 2.24) is 5.32 Å². The van der Waals surface area contributed by atoms with Crippen LogP contribution in [0.25, 0.3) is 0 Å². The van der Waals surface area contributed by atoms with Gasteiger partial charge in [-0.15, -0.1) is 0 Å². The number of aliphatic hydroxyl groups excluding tert-OH is 3. The van der Waals surface area contributed by atoms with E-state index < -0.39 is 79.8 Å². The van der Waals surface area contributed by atoms with Gasteiger partial charge in [-0.25, -0.2) is 4.79 Å². The zero-order chi connectivity index (χ0) is 54.8. The zero-order valence-corrected chi connectivity index (χ0v) is 47.4. The van der Waals surface area contributed by atoms with E-state index >= 15 is 15.0 Å². The second-order valence-corrected chi connectivity index (χ2v) is 29.8. The Morgan fingerprint density at radius 2 is 1.59 bits per heavy atom. The Bertz CT molecular complexity index is 2930. The van der Waals surface area contributed by atoms with Gasteiger partial charge in [-0.05, 0) is 204 Å². The van der Waals surface area contributed by atoms with Crippen LogP contribution in [0, 0.1) is 104 Å². The van der Waals surface area contributed by atoms with Crippen LogP contribution in [-0.2, 0) is 27.4 Å². The van der Waals surface area contributed by atoms with Crippen molar-refractivity contribution in [3.63, 3.8) is 0 Å². The number of hydrogen-bond donors (Lipinski definition) is 7. The van der Waals surface area contributed by atoms with Crippen molar-refractivity contribution in [2.45, 2.75) is 202 Å². The number of allylic oxidation sites excluding steroid dienone is 2. The minimum absolute atomic E-state index is 0.0953. The number of hydrogen-bond acceptors (Lipinski definition) is 10. The predicted octanol–water partition coefficient (Wildman–Crippen LogP) is 9.44. The van der Waals surface area contributed by atoms with Crippen molar-refractivity contribution in [2.75, 3.05) is 13.7 Å². The molecule has 14 aliphatic rings. The molecule has 0 aromatic heterocycles. The van der Waals surface area contributed by atoms with E-state index in [9.17, 15) is 25.2 Å². The Morgan fingerprint density at radius 1 is 0.787 bits per heavy atom. The summed E-state index contributed by atoms with van der Waals surface area (Å²) in [5, 5.41) is 86.8. The van der Waals surface area contributed by atoms with Crippen molar-refractivity contribution in [1.29, 1.82) is 0 Å². The molecule has 16 rings (SSSR count). The number of benzene rings is 2. The Hall–Kier alpha value is -3.66. The minimum atomic E-state index is -1.91. The highest BCUT2D eigenvalue weighted by Gasteiger charge is 2.88. The van der Waals surface area contributed by atoms with E-state index in [0.717, 1.165) is 92.8 Å². The lowest BCUT2D eigenvalue weighted by atomic mass is 9.32. The maximum atomic E-state index is 15.7. The van der Waals surface area contributed by atoms with Crippen molar-refractivity contribution in [2.24, 2.45) is 92.2 Å². The van der Waals surface area contributed by atoms with Crippen LogP contribution in [0.5, 0.6) is 0 Å². The molecule has 1 aliphatic heterocycles. The van der Waals surface area contributed by atoms with Crippen LogP contribution in [0.4, 0.5) is 0 Å². The number of nitrogens with one attached hydrogen (secondary N) is 1. The number of likely N-dealkylation sites (N-methyl/N-ethyl adjacent to an activating group) is 1. The molecule has 1 heterocycles. The highest BCUT2D eigenvalue weighted by Crippen LogP contribution is 2.83. The van der Waals surface area contributed by atoms with Crippen LogP contribution in [-0.4, -0.2) is 91.6 Å². The molecular formula is C70H89NO9. The van der Waals surface area contributed by atoms with E-state index in [0.29, 0.717) is 75.0 Å². The van der Waals surface area contributed by atoms with Gasteiger partial charge >= 0.3 is 5.97 Å². The second kappa shape index (κ2) is 18.7. The molecule has 3 spiro atoms. The average Bonchev–Trinajstić information content (AvgIpc) is 2.49. The molecule has 10 nitrogen and oxygen atoms in total. The van der Waals surface area contributed by atoms with Crippen molar-refractivity contribution in [3.8, 4) is 11.8 Å². The lowest BCUT2D eigenvalue weighted by Gasteiger charge is -2.75. The molecule has 13 aliphatic carbocycles. The number of esters is 1. The first-order valence-electron chi connectivity index (χ1n) is 32.2. The molecule has 7 N–H and O–H groups in total. The topological polar surface area (TPSA) is 177 Å². The van der Waals surface area contributed by atoms with Crippen LogP contribution in [0.15, 0.2) is 72.3 Å². The molecule has 2 aromatic carbocycles. The first-order valence-corrected chi connectivity index (χ1v) is 32.2. The lowest BCUT2D eigenvalue weighted by molar-refractivity contribution is -0.362. The molecule has 4 bridgehead atoms. The summed E-state index contributed by atoms with van der Waals surface area (Å²) in [6.07, 6.45) is 23.8. The van der Waals surface area contributed by atoms with Gasteiger partial charge < -0.3 is 45.5 Å². The number of fused-ring (bicyclic) bond motifs is 7. The molecule has 10 heteroatoms. The van der Waals surface area contributed by atoms with E-state index in [1.165, 1.54) is 31.2 Å². The van der Waals surface area contributed by atoms with Gasteiger partial charge in [-0.1, -0.05) is 105 Å². The Labute approximate surface area is 474 Å². The number of aliphatic hydroxyl groups is 6. The lowest BCUT2D eigenvalue weighted by Crippen LogP contribution is -2.83. The molecule has 428 valence electrons. The third-order valence-corrected chi connectivity index (χ3v) is 27.9. The number of carbonyl (C=O) groups is 2. The fourth-order valence-electron chi connectivity index (χ4n) is 24.9. The molecule has 2 aromatic rings. The summed E-state index contributed by atoms with van der Waals surface area (Å²) in [5.74, 6) is 6.70. The highest BCUT2D eigenvalue weighted by atomic mass is 16.5. The maximum Gasteiger partial charge on any atom is 0.331 e. The Balaban J connectivity index is 0.934. The zero-order valence-electron chi connectivity index (χ0n) is 47.4. The summed E-state index contributed by atoms with van der Waals surface area (Å²) in [7, 11) is 1.94. The van der Waals surface area contributed by atoms with Crippen LogP contribution in [0.2, 0.25) is 0 Å². The van der Waals surface area contributed by atoms with Gasteiger partial charge in [-0.3, -0.25) is 0 Å². The number of rotatable bonds is 6. The third-order valence-electron chi connectivity index (χ3n) is 27.9. The molecule has 10 fully saturated rings. The van der Waals surface area contributed by atoms with Gasteiger partial charge in [0.15, 0.2) is 0 Å². The fourth-order valence-corrected chi connectivity index (χ4v) is 24.9. The third kappa shape index (κ3) is 6.75. The fraction of sp³-hybridized carbons (Fsp3) is 0.714. The van der Waals surface area contributed by atoms with Crippen LogP contribution >= 0.6 is 0 Å². The molecule has 0 radical (unpaired) electrons. The smallest absolute Gasteiger partial charge is 0.331 e. The average molecular weight is 1090 g/mol. The van der Waals surface area contributed by atoms with Gasteiger partial charge in [-0.2, -0.15) is 0 Å². The van der Waals surface area contributed by atoms with Gasteiger partial charge in [0, 0.05) is 57.1 Å². The van der Waals surface area contributed by atoms with Crippen LogP contribution in [0.3, 0.4) is 0 Å². The SMILES string of the molecule is CNC1Cc2c(cccc2CO)C#CC2(CCCC2)CC23CCC4C(O)(CC5CC6C(C=CCC6C6CCCC6)CC6C(O)C7(CCC8CC(c9ccccc9)CCC87)CC4(C=O)C56O)C2(O)CC2CC1C1OC(=O)C=C1C23CO. The molecule has 21 atom stereocenters. The summed E-state index contributed by atoms with van der Waals surface area (Å²) in [6, 6.07) is 16.6. The number of aldehydes is 1. The number of carbonyl (C=O) groups excluding carboxylic acids is 2. The van der Waals surface area contributed by atoms with Gasteiger partial charge in [0.25, 0.3) is 0 Å². The first-order chi connectivity index (χ1) is 38.7. The van der Waals surface area contributed by atoms with Crippen molar-refractivity contribution in [3.05, 3.63) is 94.6 Å². The second-order valence-electron chi connectivity index (χ2n) is 29.8. The van der Waals surface area contributed by atoms with Crippen LogP contribution in [0.1, 0.15) is 176 Å². The number of ether oxygens (including phenoxy) is 1. The summed E-state index contributed by atoms with van der Waals surface area (Å²) in [5.41, 5.74) is -5.88. The molecule has 10 saturated carbocycles. The van der Waals surface area contributed by atoms with Crippen molar-refractivity contribution >= 4 is 12.3 Å². The summed E-state index contributed by atoms with van der Waals surface area (Å²) < 4.78 is 6.53. The van der Waals surface area contributed by atoms with E-state index in [2.05, 4.69) is 65.7 Å². The van der Waals surface area contributed by atoms with E-state index in [1.54, 1.807) is 6.08 Å². The van der Waals surface area contributed by atoms with E-state index in [4.69, 9.17) is 4.74 Å². The highest BCUT2D eigenvalue weighted by molar-refractivity contribution is 5.87. The standard InChI is InChI=1S/C70H89NO9/c1-71-58-33-52-44(15-9-17-48(52)37-72)21-26-63(24-7-8-25-63)38-66-28-23-59-65(40-73)39-64(27-22-47-29-45(19-20-55(47)64)42-11-3-2-4-12-42)62(76)57-30-46-16-10-18-51(43-13-5-6-14-43)53(46)32-50(70(57,65)79)35-68(59,77)69(66,78)36-49-31-54(58)61-56(34-60(75)80-61)67(49,66)41-74/h2-4,9-12,15-17,34,40,43,45-47,49-51,53-55,57-59,61-62,71-72,74,76-79H,5-8,13-14,18-20,22-25,27-33,35-39,41H2,1H3.